The molecule has 2 aliphatic heterocycles. The summed E-state index contributed by atoms with van der Waals surface area (Å²) in [5.41, 5.74) is 3.72. The average molecular weight is 603 g/mol. The summed E-state index contributed by atoms with van der Waals surface area (Å²) in [6.07, 6.45) is 0.492. The molecule has 10 heteroatoms. The minimum absolute atomic E-state index is 0.00799. The molecule has 2 aromatic rings. The quantitative estimate of drug-likeness (QED) is 0.446. The van der Waals surface area contributed by atoms with E-state index in [9.17, 15) is 29.4 Å². The SMILES string of the molecule is COC(=O)C1=C(O)CC(C)(C)[C@@H]2C(=O)N(C)c3cccc1c32.COC(=O)C1=C(O)CC(C)(C)[C@H]2C(=O)N(C)c3cccc1c32. The van der Waals surface area contributed by atoms with Gasteiger partial charge >= 0.3 is 11.9 Å². The number of aliphatic hydroxyl groups excluding tert-OH is 2. The molecule has 0 fully saturated rings. The zero-order valence-electron chi connectivity index (χ0n) is 26.3. The lowest BCUT2D eigenvalue weighted by Gasteiger charge is -2.29. The molecule has 0 unspecified atom stereocenters. The van der Waals surface area contributed by atoms with E-state index in [2.05, 4.69) is 0 Å². The van der Waals surface area contributed by atoms with E-state index >= 15 is 0 Å². The van der Waals surface area contributed by atoms with Gasteiger partial charge in [-0.2, -0.15) is 0 Å². The molecule has 2 N–H and O–H groups in total. The third-order valence-corrected chi connectivity index (χ3v) is 9.33. The maximum Gasteiger partial charge on any atom is 0.341 e. The Hall–Kier alpha value is -4.60. The summed E-state index contributed by atoms with van der Waals surface area (Å²) < 4.78 is 9.67. The van der Waals surface area contributed by atoms with Crippen molar-refractivity contribution in [3.8, 4) is 0 Å². The fourth-order valence-corrected chi connectivity index (χ4v) is 7.27. The van der Waals surface area contributed by atoms with Gasteiger partial charge in [0.25, 0.3) is 0 Å². The predicted molar refractivity (Wildman–Crippen MR) is 165 cm³/mol. The van der Waals surface area contributed by atoms with Gasteiger partial charge in [0, 0.05) is 38.3 Å². The van der Waals surface area contributed by atoms with Crippen molar-refractivity contribution in [3.63, 3.8) is 0 Å². The Morgan fingerprint density at radius 2 is 1.05 bits per heavy atom. The van der Waals surface area contributed by atoms with E-state index in [0.29, 0.717) is 11.1 Å². The van der Waals surface area contributed by atoms with Crippen LogP contribution in [-0.2, 0) is 28.7 Å². The molecule has 0 radical (unpaired) electrons. The molecular formula is C34H38N2O8. The number of rotatable bonds is 2. The topological polar surface area (TPSA) is 134 Å². The lowest BCUT2D eigenvalue weighted by Crippen LogP contribution is -2.32. The molecule has 232 valence electrons. The fraction of sp³-hybridized carbons (Fsp3) is 0.412. The third kappa shape index (κ3) is 4.46. The van der Waals surface area contributed by atoms with Crippen LogP contribution in [0, 0.1) is 10.8 Å². The van der Waals surface area contributed by atoms with Gasteiger partial charge in [0.05, 0.1) is 26.1 Å². The summed E-state index contributed by atoms with van der Waals surface area (Å²) in [7, 11) is 6.06. The van der Waals surface area contributed by atoms with Crippen molar-refractivity contribution < 1.29 is 38.9 Å². The molecule has 0 aromatic heterocycles. The number of amides is 2. The molecule has 2 heterocycles. The molecule has 44 heavy (non-hydrogen) atoms. The number of esters is 2. The van der Waals surface area contributed by atoms with Crippen LogP contribution in [0.3, 0.4) is 0 Å². The maximum atomic E-state index is 12.7. The molecule has 0 bridgehead atoms. The molecule has 4 aliphatic rings. The Balaban J connectivity index is 0.000000175. The standard InChI is InChI=1S/2C17H19NO4/c2*1-17(2)8-11(19)13(16(21)22-4)9-6-5-7-10-12(9)14(17)15(20)18(10)3/h2*5-7,14,19H,8H2,1-4H3/t2*14-/m10/s1. The van der Waals surface area contributed by atoms with E-state index in [0.717, 1.165) is 22.5 Å². The van der Waals surface area contributed by atoms with Crippen LogP contribution in [0.25, 0.3) is 11.1 Å². The van der Waals surface area contributed by atoms with E-state index < -0.39 is 22.8 Å². The van der Waals surface area contributed by atoms with Crippen LogP contribution in [0.15, 0.2) is 47.9 Å². The van der Waals surface area contributed by atoms with Gasteiger partial charge in [-0.1, -0.05) is 52.0 Å². The largest absolute Gasteiger partial charge is 0.511 e. The van der Waals surface area contributed by atoms with Crippen LogP contribution in [0.4, 0.5) is 11.4 Å². The highest BCUT2D eigenvalue weighted by molar-refractivity contribution is 6.21. The van der Waals surface area contributed by atoms with Crippen molar-refractivity contribution in [1.82, 2.24) is 0 Å². The molecule has 0 saturated carbocycles. The van der Waals surface area contributed by atoms with Gasteiger partial charge in [-0.05, 0) is 45.2 Å². The third-order valence-electron chi connectivity index (χ3n) is 9.33. The van der Waals surface area contributed by atoms with Crippen LogP contribution >= 0.6 is 0 Å². The van der Waals surface area contributed by atoms with Gasteiger partial charge in [-0.25, -0.2) is 9.59 Å². The summed E-state index contributed by atoms with van der Waals surface area (Å²) >= 11 is 0. The van der Waals surface area contributed by atoms with Crippen LogP contribution in [0.5, 0.6) is 0 Å². The molecule has 2 atom stereocenters. The van der Waals surface area contributed by atoms with Gasteiger partial charge in [0.1, 0.15) is 22.7 Å². The van der Waals surface area contributed by atoms with Gasteiger partial charge in [0.15, 0.2) is 0 Å². The summed E-state index contributed by atoms with van der Waals surface area (Å²) in [6, 6.07) is 10.8. The van der Waals surface area contributed by atoms with E-state index in [-0.39, 0.29) is 59.2 Å². The number of anilines is 2. The minimum atomic E-state index is -0.579. The molecule has 10 nitrogen and oxygen atoms in total. The molecule has 6 rings (SSSR count). The normalized spacial score (nSPS) is 22.5. The summed E-state index contributed by atoms with van der Waals surface area (Å²) in [4.78, 5) is 53.0. The maximum absolute atomic E-state index is 12.7. The number of likely N-dealkylation sites (N-methyl/N-ethyl adjacent to an activating group) is 2. The van der Waals surface area contributed by atoms with Crippen LogP contribution in [0.2, 0.25) is 0 Å². The number of aliphatic hydroxyl groups is 2. The number of methoxy groups -OCH3 is 2. The van der Waals surface area contributed by atoms with Crippen molar-refractivity contribution in [2.45, 2.75) is 52.4 Å². The Kier molecular flexibility index (Phi) is 7.39. The zero-order chi connectivity index (χ0) is 32.5. The highest BCUT2D eigenvalue weighted by Crippen LogP contribution is 2.55. The van der Waals surface area contributed by atoms with E-state index in [1.165, 1.54) is 14.2 Å². The van der Waals surface area contributed by atoms with Crippen molar-refractivity contribution >= 4 is 46.3 Å². The molecule has 2 amide bonds. The minimum Gasteiger partial charge on any atom is -0.511 e. The first-order chi connectivity index (χ1) is 20.6. The predicted octanol–water partition coefficient (Wildman–Crippen LogP) is 5.24. The lowest BCUT2D eigenvalue weighted by molar-refractivity contribution is -0.134. The monoisotopic (exact) mass is 602 g/mol. The molecule has 0 spiro atoms. The van der Waals surface area contributed by atoms with Crippen LogP contribution in [0.1, 0.15) is 74.6 Å². The van der Waals surface area contributed by atoms with E-state index in [4.69, 9.17) is 9.47 Å². The molecule has 2 aromatic carbocycles. The van der Waals surface area contributed by atoms with E-state index in [1.54, 1.807) is 48.2 Å². The Bertz CT molecular complexity index is 1560. The second-order valence-electron chi connectivity index (χ2n) is 13.1. The smallest absolute Gasteiger partial charge is 0.341 e. The lowest BCUT2D eigenvalue weighted by atomic mass is 9.73. The zero-order valence-corrected chi connectivity index (χ0v) is 26.3. The first-order valence-electron chi connectivity index (χ1n) is 14.4. The number of allylic oxidation sites excluding steroid dienone is 2. The summed E-state index contributed by atoms with van der Waals surface area (Å²) in [5, 5.41) is 20.9. The summed E-state index contributed by atoms with van der Waals surface area (Å²) in [6.45, 7) is 7.74. The molecular weight excluding hydrogens is 564 g/mol. The number of carbonyl (C=O) groups excluding carboxylic acids is 4. The fourth-order valence-electron chi connectivity index (χ4n) is 7.27. The van der Waals surface area contributed by atoms with Gasteiger partial charge < -0.3 is 29.5 Å². The first-order valence-corrected chi connectivity index (χ1v) is 14.4. The van der Waals surface area contributed by atoms with Crippen molar-refractivity contribution in [2.24, 2.45) is 10.8 Å². The first kappa shape index (κ1) is 30.8. The molecule has 2 aliphatic carbocycles. The van der Waals surface area contributed by atoms with E-state index in [1.807, 2.05) is 39.8 Å². The van der Waals surface area contributed by atoms with Crippen molar-refractivity contribution in [2.75, 3.05) is 38.1 Å². The number of hydrogen-bond acceptors (Lipinski definition) is 8. The van der Waals surface area contributed by atoms with Crippen LogP contribution in [-0.4, -0.2) is 62.3 Å². The van der Waals surface area contributed by atoms with Crippen molar-refractivity contribution in [3.05, 3.63) is 70.2 Å². The molecule has 0 saturated heterocycles. The highest BCUT2D eigenvalue weighted by atomic mass is 16.5. The van der Waals surface area contributed by atoms with Gasteiger partial charge in [0.2, 0.25) is 11.8 Å². The summed E-state index contributed by atoms with van der Waals surface area (Å²) in [5.74, 6) is -1.97. The van der Waals surface area contributed by atoms with Crippen molar-refractivity contribution in [1.29, 1.82) is 0 Å². The van der Waals surface area contributed by atoms with Gasteiger partial charge in [-0.3, -0.25) is 9.59 Å². The number of nitrogens with zero attached hydrogens (tertiary/aromatic N) is 2. The second kappa shape index (κ2) is 10.5. The number of carbonyl (C=O) groups is 4. The number of benzene rings is 2. The Morgan fingerprint density at radius 1 is 0.705 bits per heavy atom. The highest BCUT2D eigenvalue weighted by Gasteiger charge is 2.51. The second-order valence-corrected chi connectivity index (χ2v) is 13.1. The number of ether oxygens (including phenoxy) is 2. The average Bonchev–Trinajstić information content (AvgIpc) is 3.31. The number of hydrogen-bond donors (Lipinski definition) is 2. The Morgan fingerprint density at radius 3 is 1.36 bits per heavy atom. The Labute approximate surface area is 256 Å². The van der Waals surface area contributed by atoms with Crippen LogP contribution < -0.4 is 9.80 Å². The van der Waals surface area contributed by atoms with Gasteiger partial charge in [-0.15, -0.1) is 0 Å².